The highest BCUT2D eigenvalue weighted by Gasteiger charge is 2.18. The van der Waals surface area contributed by atoms with Crippen molar-refractivity contribution in [1.29, 1.82) is 0 Å². The van der Waals surface area contributed by atoms with Crippen LogP contribution in [0.2, 0.25) is 0 Å². The van der Waals surface area contributed by atoms with Crippen LogP contribution in [0.1, 0.15) is 149 Å². The van der Waals surface area contributed by atoms with Crippen LogP contribution >= 0.6 is 0 Å². The lowest BCUT2D eigenvalue weighted by Crippen LogP contribution is -2.47. The molecule has 0 aromatic rings. The quantitative estimate of drug-likeness (QED) is 0.0321. The molecule has 2 unspecified atom stereocenters. The normalized spacial score (nSPS) is 13.1. The van der Waals surface area contributed by atoms with Crippen molar-refractivity contribution in [1.82, 2.24) is 10.6 Å². The second-order valence-corrected chi connectivity index (χ2v) is 12.3. The van der Waals surface area contributed by atoms with Crippen molar-refractivity contribution >= 4 is 23.8 Å². The fourth-order valence-electron chi connectivity index (χ4n) is 4.92. The van der Waals surface area contributed by atoms with Gasteiger partial charge in [0.1, 0.15) is 12.1 Å². The van der Waals surface area contributed by atoms with E-state index < -0.39 is 24.5 Å². The minimum atomic E-state index is -1.38. The van der Waals surface area contributed by atoms with Crippen molar-refractivity contribution in [2.75, 3.05) is 13.2 Å². The minimum absolute atomic E-state index is 0.116. The number of unbranched alkanes of at least 4 members (excludes halogenated alkanes) is 12. The van der Waals surface area contributed by atoms with Crippen LogP contribution in [-0.2, 0) is 23.9 Å². The Morgan fingerprint density at radius 2 is 1.25 bits per heavy atom. The summed E-state index contributed by atoms with van der Waals surface area (Å²) in [6.07, 6.45) is 37.3. The maximum absolute atomic E-state index is 12.6. The van der Waals surface area contributed by atoms with E-state index in [1.54, 1.807) is 0 Å². The highest BCUT2D eigenvalue weighted by atomic mass is 16.5. The molecule has 0 aromatic heterocycles. The summed E-state index contributed by atoms with van der Waals surface area (Å²) in [6.45, 7) is 3.29. The summed E-state index contributed by atoms with van der Waals surface area (Å²) in [5.74, 6) is -2.38. The molecule has 0 heterocycles. The molecular formula is C39H66N2O7. The first-order valence-electron chi connectivity index (χ1n) is 18.5. The molecule has 274 valence electrons. The van der Waals surface area contributed by atoms with Crippen LogP contribution in [0.4, 0.5) is 0 Å². The Kier molecular flexibility index (Phi) is 31.4. The summed E-state index contributed by atoms with van der Waals surface area (Å²) in [4.78, 5) is 47.2. The third-order valence-corrected chi connectivity index (χ3v) is 7.79. The number of aliphatic hydroxyl groups is 1. The molecule has 0 aliphatic heterocycles. The molecule has 48 heavy (non-hydrogen) atoms. The zero-order valence-electron chi connectivity index (χ0n) is 30.0. The van der Waals surface area contributed by atoms with Crippen molar-refractivity contribution in [3.63, 3.8) is 0 Å². The molecule has 0 bridgehead atoms. The fourth-order valence-corrected chi connectivity index (χ4v) is 4.92. The lowest BCUT2D eigenvalue weighted by atomic mass is 10.1. The van der Waals surface area contributed by atoms with Crippen LogP contribution < -0.4 is 10.6 Å². The fraction of sp³-hybridized carbons (Fsp3) is 0.692. The second-order valence-electron chi connectivity index (χ2n) is 12.3. The number of rotatable bonds is 32. The molecule has 0 aliphatic rings. The lowest BCUT2D eigenvalue weighted by molar-refractivity contribution is -0.147. The molecule has 0 aromatic carbocycles. The third-order valence-electron chi connectivity index (χ3n) is 7.79. The van der Waals surface area contributed by atoms with Gasteiger partial charge in [-0.1, -0.05) is 114 Å². The van der Waals surface area contributed by atoms with Gasteiger partial charge in [-0.2, -0.15) is 0 Å². The van der Waals surface area contributed by atoms with Gasteiger partial charge in [-0.25, -0.2) is 4.79 Å². The average Bonchev–Trinajstić information content (AvgIpc) is 3.07. The Hall–Kier alpha value is -3.20. The van der Waals surface area contributed by atoms with Gasteiger partial charge in [0.25, 0.3) is 0 Å². The van der Waals surface area contributed by atoms with E-state index in [1.807, 2.05) is 6.08 Å². The van der Waals surface area contributed by atoms with Crippen LogP contribution in [0.3, 0.4) is 0 Å². The summed E-state index contributed by atoms with van der Waals surface area (Å²) in [6, 6.07) is -1.38. The minimum Gasteiger partial charge on any atom is -0.480 e. The van der Waals surface area contributed by atoms with Crippen LogP contribution in [0.25, 0.3) is 0 Å². The summed E-state index contributed by atoms with van der Waals surface area (Å²) in [5, 5.41) is 22.4. The summed E-state index contributed by atoms with van der Waals surface area (Å²) < 4.78 is 5.87. The molecule has 2 amide bonds. The zero-order valence-corrected chi connectivity index (χ0v) is 30.0. The number of ether oxygens (including phenoxy) is 1. The Morgan fingerprint density at radius 3 is 1.90 bits per heavy atom. The van der Waals surface area contributed by atoms with Gasteiger partial charge in [0, 0.05) is 12.8 Å². The van der Waals surface area contributed by atoms with Gasteiger partial charge in [-0.3, -0.25) is 14.4 Å². The SMILES string of the molecule is CC/C=C\C/C=C\C/C=C\C(CCCCCCCCC(=O)NCC(=O)NC(CO)C(=O)O)OC(=O)CCCCCCC/C=C\CCCC. The van der Waals surface area contributed by atoms with Crippen LogP contribution in [0.15, 0.2) is 48.6 Å². The van der Waals surface area contributed by atoms with Crippen molar-refractivity contribution in [3.8, 4) is 0 Å². The van der Waals surface area contributed by atoms with Crippen molar-refractivity contribution in [3.05, 3.63) is 48.6 Å². The molecular weight excluding hydrogens is 608 g/mol. The molecule has 0 saturated carbocycles. The number of carbonyl (C=O) groups is 4. The molecule has 0 rings (SSSR count). The zero-order chi connectivity index (χ0) is 35.5. The molecule has 0 saturated heterocycles. The van der Waals surface area contributed by atoms with Crippen molar-refractivity contribution < 1.29 is 34.1 Å². The van der Waals surface area contributed by atoms with Gasteiger partial charge >= 0.3 is 11.9 Å². The van der Waals surface area contributed by atoms with Gasteiger partial charge in [0.05, 0.1) is 13.2 Å². The molecule has 0 aliphatic carbocycles. The number of allylic oxidation sites excluding steroid dienone is 7. The highest BCUT2D eigenvalue weighted by Crippen LogP contribution is 2.15. The van der Waals surface area contributed by atoms with E-state index >= 15 is 0 Å². The Labute approximate surface area is 290 Å². The number of carbonyl (C=O) groups excluding carboxylic acids is 3. The number of hydrogen-bond acceptors (Lipinski definition) is 6. The summed E-state index contributed by atoms with van der Waals surface area (Å²) >= 11 is 0. The number of carboxylic acids is 1. The number of aliphatic carboxylic acids is 1. The van der Waals surface area contributed by atoms with E-state index in [4.69, 9.17) is 14.9 Å². The second kappa shape index (κ2) is 33.7. The van der Waals surface area contributed by atoms with Crippen molar-refractivity contribution in [2.24, 2.45) is 0 Å². The van der Waals surface area contributed by atoms with E-state index in [2.05, 4.69) is 67.0 Å². The summed E-state index contributed by atoms with van der Waals surface area (Å²) in [7, 11) is 0. The third kappa shape index (κ3) is 30.2. The largest absolute Gasteiger partial charge is 0.480 e. The number of amides is 2. The van der Waals surface area contributed by atoms with Gasteiger partial charge in [-0.15, -0.1) is 0 Å². The Bertz CT molecular complexity index is 958. The van der Waals surface area contributed by atoms with E-state index in [1.165, 1.54) is 32.1 Å². The van der Waals surface area contributed by atoms with E-state index in [0.717, 1.165) is 83.5 Å². The molecule has 0 radical (unpaired) electrons. The van der Waals surface area contributed by atoms with Gasteiger partial charge < -0.3 is 25.6 Å². The smallest absolute Gasteiger partial charge is 0.328 e. The van der Waals surface area contributed by atoms with Crippen LogP contribution in [0.5, 0.6) is 0 Å². The van der Waals surface area contributed by atoms with E-state index in [9.17, 15) is 19.2 Å². The standard InChI is InChI=1S/C39H66N2O7/c1-3-5-7-9-11-13-14-15-17-23-27-31-38(45)48-34(28-24-20-16-12-10-8-6-4-2)29-25-21-18-19-22-26-30-36(43)40-32-37(44)41-35(33-42)39(46)47/h6,8-9,11-12,16,24,28,34-35,42H,3-5,7,10,13-15,17-23,25-27,29-33H2,1-2H3,(H,40,43)(H,41,44)(H,46,47)/b8-6-,11-9-,16-12-,28-24-. The number of carboxylic acid groups (broad SMARTS) is 1. The molecule has 0 spiro atoms. The van der Waals surface area contributed by atoms with Gasteiger partial charge in [-0.05, 0) is 70.3 Å². The Morgan fingerprint density at radius 1 is 0.667 bits per heavy atom. The van der Waals surface area contributed by atoms with Gasteiger partial charge in [0.15, 0.2) is 0 Å². The maximum atomic E-state index is 12.6. The average molecular weight is 675 g/mol. The predicted octanol–water partition coefficient (Wildman–Crippen LogP) is 8.03. The van der Waals surface area contributed by atoms with Crippen molar-refractivity contribution in [2.45, 2.75) is 161 Å². The van der Waals surface area contributed by atoms with Crippen LogP contribution in [-0.4, -0.2) is 59.3 Å². The monoisotopic (exact) mass is 674 g/mol. The molecule has 4 N–H and O–H groups in total. The number of hydrogen-bond donors (Lipinski definition) is 4. The highest BCUT2D eigenvalue weighted by molar-refractivity contribution is 5.87. The molecule has 9 heteroatoms. The molecule has 2 atom stereocenters. The summed E-state index contributed by atoms with van der Waals surface area (Å²) in [5.41, 5.74) is 0. The maximum Gasteiger partial charge on any atom is 0.328 e. The first-order valence-corrected chi connectivity index (χ1v) is 18.5. The lowest BCUT2D eigenvalue weighted by Gasteiger charge is -2.14. The Balaban J connectivity index is 4.32. The van der Waals surface area contributed by atoms with E-state index in [-0.39, 0.29) is 30.9 Å². The first kappa shape index (κ1) is 44.8. The molecule has 0 fully saturated rings. The first-order chi connectivity index (χ1) is 23.3. The molecule has 9 nitrogen and oxygen atoms in total. The predicted molar refractivity (Wildman–Crippen MR) is 194 cm³/mol. The number of nitrogens with one attached hydrogen (secondary N) is 2. The topological polar surface area (TPSA) is 142 Å². The number of aliphatic hydroxyl groups excluding tert-OH is 1. The van der Waals surface area contributed by atoms with Gasteiger partial charge in [0.2, 0.25) is 11.8 Å². The number of esters is 1. The van der Waals surface area contributed by atoms with Crippen LogP contribution in [0, 0.1) is 0 Å². The van der Waals surface area contributed by atoms with E-state index in [0.29, 0.717) is 12.8 Å².